The standard InChI is InChI=1S/C18H14N4O2S/c1-10-5-6-15(25-10)14-8-13(16-11(2)22-24-18(16)21-14)17(23)20-12-4-3-7-19-9-12/h3-9H,1-2H3,(H,20,23). The molecule has 4 rings (SSSR count). The summed E-state index contributed by atoms with van der Waals surface area (Å²) in [6.07, 6.45) is 3.25. The van der Waals surface area contributed by atoms with Crippen molar-refractivity contribution in [2.45, 2.75) is 13.8 Å². The van der Waals surface area contributed by atoms with Gasteiger partial charge < -0.3 is 9.84 Å². The number of fused-ring (bicyclic) bond motifs is 1. The van der Waals surface area contributed by atoms with Crippen LogP contribution in [-0.4, -0.2) is 21.0 Å². The molecule has 4 aromatic heterocycles. The summed E-state index contributed by atoms with van der Waals surface area (Å²) in [7, 11) is 0. The molecule has 0 unspecified atom stereocenters. The van der Waals surface area contributed by atoms with Gasteiger partial charge in [0.2, 0.25) is 0 Å². The van der Waals surface area contributed by atoms with Crippen LogP contribution in [0.1, 0.15) is 20.9 Å². The molecule has 25 heavy (non-hydrogen) atoms. The molecule has 0 radical (unpaired) electrons. The normalized spacial score (nSPS) is 11.0. The first-order valence-electron chi connectivity index (χ1n) is 7.67. The lowest BCUT2D eigenvalue weighted by molar-refractivity contribution is 0.102. The minimum absolute atomic E-state index is 0.249. The van der Waals surface area contributed by atoms with Gasteiger partial charge in [0.1, 0.15) is 0 Å². The second kappa shape index (κ2) is 6.10. The Labute approximate surface area is 147 Å². The summed E-state index contributed by atoms with van der Waals surface area (Å²) in [6, 6.07) is 9.34. The van der Waals surface area contributed by atoms with E-state index in [1.165, 1.54) is 4.88 Å². The van der Waals surface area contributed by atoms with Crippen molar-refractivity contribution in [3.05, 3.63) is 58.9 Å². The Hall–Kier alpha value is -3.06. The minimum Gasteiger partial charge on any atom is -0.335 e. The van der Waals surface area contributed by atoms with Crippen LogP contribution in [0.5, 0.6) is 0 Å². The Balaban J connectivity index is 1.83. The maximum Gasteiger partial charge on any atom is 0.259 e. The monoisotopic (exact) mass is 350 g/mol. The van der Waals surface area contributed by atoms with Gasteiger partial charge in [-0.3, -0.25) is 9.78 Å². The molecule has 0 aliphatic heterocycles. The molecule has 0 bridgehead atoms. The zero-order chi connectivity index (χ0) is 17.4. The topological polar surface area (TPSA) is 80.9 Å². The van der Waals surface area contributed by atoms with E-state index >= 15 is 0 Å². The van der Waals surface area contributed by atoms with E-state index in [-0.39, 0.29) is 5.91 Å². The van der Waals surface area contributed by atoms with Gasteiger partial charge in [0.05, 0.1) is 39.1 Å². The average molecular weight is 350 g/mol. The smallest absolute Gasteiger partial charge is 0.259 e. The average Bonchev–Trinajstić information content (AvgIpc) is 3.21. The highest BCUT2D eigenvalue weighted by molar-refractivity contribution is 7.15. The maximum atomic E-state index is 12.8. The maximum absolute atomic E-state index is 12.8. The van der Waals surface area contributed by atoms with Crippen molar-refractivity contribution in [1.29, 1.82) is 0 Å². The van der Waals surface area contributed by atoms with Crippen molar-refractivity contribution in [3.8, 4) is 10.6 Å². The highest BCUT2D eigenvalue weighted by atomic mass is 32.1. The third-order valence-corrected chi connectivity index (χ3v) is 4.80. The number of amides is 1. The third kappa shape index (κ3) is 2.89. The quantitative estimate of drug-likeness (QED) is 0.598. The third-order valence-electron chi connectivity index (χ3n) is 3.77. The Morgan fingerprint density at radius 1 is 1.24 bits per heavy atom. The molecule has 1 amide bonds. The van der Waals surface area contributed by atoms with Gasteiger partial charge in [-0.1, -0.05) is 5.16 Å². The summed E-state index contributed by atoms with van der Waals surface area (Å²) in [5.41, 5.74) is 2.79. The van der Waals surface area contributed by atoms with Gasteiger partial charge in [0.25, 0.3) is 11.6 Å². The molecular formula is C18H14N4O2S. The molecule has 0 saturated heterocycles. The molecule has 0 aliphatic rings. The molecule has 4 aromatic rings. The van der Waals surface area contributed by atoms with Gasteiger partial charge in [0.15, 0.2) is 0 Å². The number of aromatic nitrogens is 3. The number of rotatable bonds is 3. The summed E-state index contributed by atoms with van der Waals surface area (Å²) in [6.45, 7) is 3.82. The molecule has 6 nitrogen and oxygen atoms in total. The van der Waals surface area contributed by atoms with Crippen LogP contribution in [0.2, 0.25) is 0 Å². The minimum atomic E-state index is -0.249. The van der Waals surface area contributed by atoms with E-state index in [0.29, 0.717) is 33.7 Å². The molecule has 0 saturated carbocycles. The van der Waals surface area contributed by atoms with Crippen LogP contribution in [0.25, 0.3) is 21.7 Å². The fraction of sp³-hybridized carbons (Fsp3) is 0.111. The van der Waals surface area contributed by atoms with Crippen molar-refractivity contribution < 1.29 is 9.32 Å². The summed E-state index contributed by atoms with van der Waals surface area (Å²) >= 11 is 1.61. The predicted molar refractivity (Wildman–Crippen MR) is 96.8 cm³/mol. The van der Waals surface area contributed by atoms with Crippen molar-refractivity contribution >= 4 is 34.0 Å². The number of carbonyl (C=O) groups excluding carboxylic acids is 1. The number of anilines is 1. The van der Waals surface area contributed by atoms with Crippen LogP contribution in [0, 0.1) is 13.8 Å². The van der Waals surface area contributed by atoms with E-state index < -0.39 is 0 Å². The Kier molecular flexibility index (Phi) is 3.77. The first-order chi connectivity index (χ1) is 12.1. The Morgan fingerprint density at radius 2 is 2.12 bits per heavy atom. The largest absolute Gasteiger partial charge is 0.335 e. The predicted octanol–water partition coefficient (Wildman–Crippen LogP) is 4.22. The molecule has 0 spiro atoms. The molecule has 0 aliphatic carbocycles. The molecule has 7 heteroatoms. The second-order valence-electron chi connectivity index (χ2n) is 5.61. The molecular weight excluding hydrogens is 336 g/mol. The van der Waals surface area contributed by atoms with E-state index in [2.05, 4.69) is 20.4 Å². The molecule has 0 aromatic carbocycles. The van der Waals surface area contributed by atoms with Gasteiger partial charge in [-0.25, -0.2) is 4.98 Å². The molecule has 0 atom stereocenters. The number of pyridine rings is 2. The van der Waals surface area contributed by atoms with E-state index in [1.807, 2.05) is 19.1 Å². The van der Waals surface area contributed by atoms with Crippen LogP contribution >= 0.6 is 11.3 Å². The number of hydrogen-bond donors (Lipinski definition) is 1. The van der Waals surface area contributed by atoms with E-state index in [0.717, 1.165) is 4.88 Å². The van der Waals surface area contributed by atoms with E-state index in [4.69, 9.17) is 4.52 Å². The van der Waals surface area contributed by atoms with Gasteiger partial charge >= 0.3 is 0 Å². The van der Waals surface area contributed by atoms with Crippen molar-refractivity contribution in [2.24, 2.45) is 0 Å². The Bertz CT molecular complexity index is 1070. The number of nitrogens with zero attached hydrogens (tertiary/aromatic N) is 3. The number of aryl methyl sites for hydroxylation is 2. The van der Waals surface area contributed by atoms with Crippen LogP contribution in [-0.2, 0) is 0 Å². The fourth-order valence-corrected chi connectivity index (χ4v) is 3.44. The van der Waals surface area contributed by atoms with Gasteiger partial charge in [0, 0.05) is 11.1 Å². The van der Waals surface area contributed by atoms with Gasteiger partial charge in [-0.2, -0.15) is 0 Å². The molecule has 4 heterocycles. The summed E-state index contributed by atoms with van der Waals surface area (Å²) in [5.74, 6) is -0.249. The van der Waals surface area contributed by atoms with Crippen molar-refractivity contribution in [3.63, 3.8) is 0 Å². The fourth-order valence-electron chi connectivity index (χ4n) is 2.61. The Morgan fingerprint density at radius 3 is 2.84 bits per heavy atom. The summed E-state index contributed by atoms with van der Waals surface area (Å²) < 4.78 is 5.31. The summed E-state index contributed by atoms with van der Waals surface area (Å²) in [4.78, 5) is 23.5. The zero-order valence-corrected chi connectivity index (χ0v) is 14.4. The molecule has 124 valence electrons. The van der Waals surface area contributed by atoms with Gasteiger partial charge in [-0.15, -0.1) is 11.3 Å². The lowest BCUT2D eigenvalue weighted by Crippen LogP contribution is -2.13. The number of thiophene rings is 1. The van der Waals surface area contributed by atoms with Crippen LogP contribution in [0.3, 0.4) is 0 Å². The first-order valence-corrected chi connectivity index (χ1v) is 8.48. The van der Waals surface area contributed by atoms with Crippen molar-refractivity contribution in [1.82, 2.24) is 15.1 Å². The molecule has 1 N–H and O–H groups in total. The lowest BCUT2D eigenvalue weighted by atomic mass is 10.1. The number of carbonyl (C=O) groups is 1. The number of nitrogens with one attached hydrogen (secondary N) is 1. The van der Waals surface area contributed by atoms with Crippen LogP contribution < -0.4 is 5.32 Å². The van der Waals surface area contributed by atoms with Crippen LogP contribution in [0.15, 0.2) is 47.2 Å². The highest BCUT2D eigenvalue weighted by Gasteiger charge is 2.20. The zero-order valence-electron chi connectivity index (χ0n) is 13.6. The molecule has 0 fully saturated rings. The van der Waals surface area contributed by atoms with E-state index in [9.17, 15) is 4.79 Å². The highest BCUT2D eigenvalue weighted by Crippen LogP contribution is 2.31. The number of hydrogen-bond acceptors (Lipinski definition) is 6. The SMILES string of the molecule is Cc1ccc(-c2cc(C(=O)Nc3cccnc3)c3c(C)noc3n2)s1. The summed E-state index contributed by atoms with van der Waals surface area (Å²) in [5, 5.41) is 7.44. The first kappa shape index (κ1) is 15.5. The lowest BCUT2D eigenvalue weighted by Gasteiger charge is -2.07. The van der Waals surface area contributed by atoms with Crippen LogP contribution in [0.4, 0.5) is 5.69 Å². The van der Waals surface area contributed by atoms with Gasteiger partial charge in [-0.05, 0) is 44.2 Å². The van der Waals surface area contributed by atoms with Crippen molar-refractivity contribution in [2.75, 3.05) is 5.32 Å². The second-order valence-corrected chi connectivity index (χ2v) is 6.90. The van der Waals surface area contributed by atoms with E-state index in [1.54, 1.807) is 48.9 Å².